The molecular formula is C22H23ClN2O. The number of aliphatic imine (C=N–C) groups is 1. The zero-order chi connectivity index (χ0) is 18.7. The minimum atomic E-state index is 0.671. The highest BCUT2D eigenvalue weighted by molar-refractivity contribution is 6.31. The Morgan fingerprint density at radius 2 is 1.77 bits per heavy atom. The third-order valence-electron chi connectivity index (χ3n) is 4.38. The zero-order valence-corrected chi connectivity index (χ0v) is 16.3. The van der Waals surface area contributed by atoms with E-state index < -0.39 is 0 Å². The van der Waals surface area contributed by atoms with Gasteiger partial charge in [-0.2, -0.15) is 0 Å². The fourth-order valence-corrected chi connectivity index (χ4v) is 3.15. The second-order valence-corrected chi connectivity index (χ2v) is 6.69. The van der Waals surface area contributed by atoms with Crippen LogP contribution in [0, 0.1) is 20.8 Å². The number of aryl methyl sites for hydroxylation is 2. The average molecular weight is 367 g/mol. The first-order chi connectivity index (χ1) is 12.5. The van der Waals surface area contributed by atoms with Crippen molar-refractivity contribution in [3.63, 3.8) is 0 Å². The first kappa shape index (κ1) is 18.3. The molecule has 0 aliphatic rings. The highest BCUT2D eigenvalue weighted by Gasteiger charge is 2.09. The van der Waals surface area contributed by atoms with E-state index in [4.69, 9.17) is 16.3 Å². The molecule has 3 aromatic rings. The van der Waals surface area contributed by atoms with Gasteiger partial charge in [-0.3, -0.25) is 4.99 Å². The number of hydrogen-bond donors (Lipinski definition) is 0. The summed E-state index contributed by atoms with van der Waals surface area (Å²) in [6.07, 6.45) is 1.90. The van der Waals surface area contributed by atoms with Crippen molar-refractivity contribution >= 4 is 23.5 Å². The molecule has 4 heteroatoms. The Kier molecular flexibility index (Phi) is 5.48. The fourth-order valence-electron chi connectivity index (χ4n) is 2.98. The van der Waals surface area contributed by atoms with Gasteiger partial charge in [-0.05, 0) is 75.7 Å². The largest absolute Gasteiger partial charge is 0.494 e. The van der Waals surface area contributed by atoms with Crippen molar-refractivity contribution in [1.82, 2.24) is 4.57 Å². The predicted octanol–water partition coefficient (Wildman–Crippen LogP) is 6.21. The summed E-state index contributed by atoms with van der Waals surface area (Å²) in [5.74, 6) is 0.886. The van der Waals surface area contributed by atoms with Crippen LogP contribution in [0.15, 0.2) is 53.5 Å². The van der Waals surface area contributed by atoms with Crippen LogP contribution in [0.25, 0.3) is 5.69 Å². The van der Waals surface area contributed by atoms with E-state index in [2.05, 4.69) is 41.6 Å². The van der Waals surface area contributed by atoms with Crippen molar-refractivity contribution in [1.29, 1.82) is 0 Å². The molecule has 0 bridgehead atoms. The van der Waals surface area contributed by atoms with E-state index in [-0.39, 0.29) is 0 Å². The van der Waals surface area contributed by atoms with E-state index >= 15 is 0 Å². The third-order valence-corrected chi connectivity index (χ3v) is 4.79. The van der Waals surface area contributed by atoms with Crippen molar-refractivity contribution in [2.75, 3.05) is 6.61 Å². The number of aromatic nitrogens is 1. The van der Waals surface area contributed by atoms with Crippen LogP contribution in [0.3, 0.4) is 0 Å². The van der Waals surface area contributed by atoms with E-state index in [9.17, 15) is 0 Å². The van der Waals surface area contributed by atoms with Gasteiger partial charge in [0.1, 0.15) is 5.75 Å². The lowest BCUT2D eigenvalue weighted by molar-refractivity contribution is 0.340. The number of hydrogen-bond acceptors (Lipinski definition) is 2. The summed E-state index contributed by atoms with van der Waals surface area (Å²) >= 11 is 6.18. The van der Waals surface area contributed by atoms with Crippen LogP contribution in [0.1, 0.15) is 29.4 Å². The van der Waals surface area contributed by atoms with Gasteiger partial charge >= 0.3 is 0 Å². The molecule has 0 fully saturated rings. The van der Waals surface area contributed by atoms with E-state index in [1.54, 1.807) is 0 Å². The summed E-state index contributed by atoms with van der Waals surface area (Å²) in [5, 5.41) is 0.736. The third kappa shape index (κ3) is 3.83. The van der Waals surface area contributed by atoms with Gasteiger partial charge in [-0.1, -0.05) is 17.7 Å². The van der Waals surface area contributed by atoms with Crippen LogP contribution >= 0.6 is 11.6 Å². The number of ether oxygens (including phenoxy) is 1. The lowest BCUT2D eigenvalue weighted by Crippen LogP contribution is -2.00. The van der Waals surface area contributed by atoms with Gasteiger partial charge in [0, 0.05) is 33.9 Å². The van der Waals surface area contributed by atoms with Gasteiger partial charge in [0.15, 0.2) is 0 Å². The molecule has 0 radical (unpaired) electrons. The van der Waals surface area contributed by atoms with Gasteiger partial charge in [0.05, 0.1) is 12.3 Å². The summed E-state index contributed by atoms with van der Waals surface area (Å²) < 4.78 is 7.75. The topological polar surface area (TPSA) is 26.5 Å². The molecule has 0 aliphatic carbocycles. The summed E-state index contributed by atoms with van der Waals surface area (Å²) in [4.78, 5) is 4.58. The molecule has 3 rings (SSSR count). The van der Waals surface area contributed by atoms with Crippen LogP contribution in [0.4, 0.5) is 5.69 Å². The molecule has 0 unspecified atom stereocenters. The maximum Gasteiger partial charge on any atom is 0.119 e. The summed E-state index contributed by atoms with van der Waals surface area (Å²) in [7, 11) is 0. The highest BCUT2D eigenvalue weighted by Crippen LogP contribution is 2.24. The molecule has 1 heterocycles. The second-order valence-electron chi connectivity index (χ2n) is 6.28. The molecule has 0 N–H and O–H groups in total. The minimum Gasteiger partial charge on any atom is -0.494 e. The van der Waals surface area contributed by atoms with Crippen molar-refractivity contribution in [2.45, 2.75) is 27.7 Å². The number of halogens is 1. The molecule has 2 aromatic carbocycles. The van der Waals surface area contributed by atoms with E-state index in [1.807, 2.05) is 50.4 Å². The Labute approximate surface area is 159 Å². The van der Waals surface area contributed by atoms with Crippen LogP contribution in [-0.2, 0) is 0 Å². The molecular weight excluding hydrogens is 344 g/mol. The highest BCUT2D eigenvalue weighted by atomic mass is 35.5. The zero-order valence-electron chi connectivity index (χ0n) is 15.6. The molecule has 0 spiro atoms. The summed E-state index contributed by atoms with van der Waals surface area (Å²) in [5.41, 5.74) is 6.42. The predicted molar refractivity (Wildman–Crippen MR) is 110 cm³/mol. The van der Waals surface area contributed by atoms with Crippen LogP contribution < -0.4 is 4.74 Å². The minimum absolute atomic E-state index is 0.671. The van der Waals surface area contributed by atoms with Crippen LogP contribution in [-0.4, -0.2) is 17.4 Å². The molecule has 0 aliphatic heterocycles. The molecule has 26 heavy (non-hydrogen) atoms. The van der Waals surface area contributed by atoms with Crippen LogP contribution in [0.2, 0.25) is 5.02 Å². The van der Waals surface area contributed by atoms with Gasteiger partial charge in [0.25, 0.3) is 0 Å². The first-order valence-electron chi connectivity index (χ1n) is 8.72. The fraction of sp³-hybridized carbons (Fsp3) is 0.227. The van der Waals surface area contributed by atoms with Gasteiger partial charge in [-0.15, -0.1) is 0 Å². The van der Waals surface area contributed by atoms with Gasteiger partial charge in [0.2, 0.25) is 0 Å². The lowest BCUT2D eigenvalue weighted by atomic mass is 10.2. The quantitative estimate of drug-likeness (QED) is 0.493. The van der Waals surface area contributed by atoms with Gasteiger partial charge in [-0.25, -0.2) is 0 Å². The monoisotopic (exact) mass is 366 g/mol. The maximum atomic E-state index is 6.18. The van der Waals surface area contributed by atoms with Crippen molar-refractivity contribution in [3.8, 4) is 11.4 Å². The van der Waals surface area contributed by atoms with E-state index in [0.29, 0.717) is 6.61 Å². The molecule has 0 atom stereocenters. The molecule has 0 saturated carbocycles. The van der Waals surface area contributed by atoms with E-state index in [1.165, 1.54) is 0 Å². The summed E-state index contributed by atoms with van der Waals surface area (Å²) in [6.45, 7) is 8.85. The van der Waals surface area contributed by atoms with Crippen LogP contribution in [0.5, 0.6) is 5.75 Å². The standard InChI is InChI=1S/C22H23ClN2O/c1-5-26-21-10-8-20(9-11-21)25-16(3)12-18(17(25)4)14-24-19-7-6-15(2)22(23)13-19/h6-14H,5H2,1-4H3. The second kappa shape index (κ2) is 7.79. The molecule has 1 aromatic heterocycles. The number of benzene rings is 2. The Hall–Kier alpha value is -2.52. The first-order valence-corrected chi connectivity index (χ1v) is 9.09. The molecule has 0 saturated heterocycles. The van der Waals surface area contributed by atoms with Crippen molar-refractivity contribution in [2.24, 2.45) is 4.99 Å². The Bertz CT molecular complexity index is 940. The number of nitrogens with zero attached hydrogens (tertiary/aromatic N) is 2. The van der Waals surface area contributed by atoms with Crippen molar-refractivity contribution < 1.29 is 4.74 Å². The Balaban J connectivity index is 1.90. The molecule has 0 amide bonds. The number of rotatable bonds is 5. The normalized spacial score (nSPS) is 11.3. The molecule has 134 valence electrons. The summed E-state index contributed by atoms with van der Waals surface area (Å²) in [6, 6.07) is 16.1. The van der Waals surface area contributed by atoms with Crippen molar-refractivity contribution in [3.05, 3.63) is 76.1 Å². The average Bonchev–Trinajstić information content (AvgIpc) is 2.91. The van der Waals surface area contributed by atoms with Gasteiger partial charge < -0.3 is 9.30 Å². The Morgan fingerprint density at radius 3 is 2.42 bits per heavy atom. The lowest BCUT2D eigenvalue weighted by Gasteiger charge is -2.11. The van der Waals surface area contributed by atoms with E-state index in [0.717, 1.165) is 44.7 Å². The maximum absolute atomic E-state index is 6.18. The Morgan fingerprint density at radius 1 is 1.04 bits per heavy atom. The SMILES string of the molecule is CCOc1ccc(-n2c(C)cc(C=Nc3ccc(C)c(Cl)c3)c2C)cc1. The molecule has 3 nitrogen and oxygen atoms in total. The smallest absolute Gasteiger partial charge is 0.119 e.